The van der Waals surface area contributed by atoms with Crippen LogP contribution in [0.25, 0.3) is 0 Å². The van der Waals surface area contributed by atoms with E-state index in [0.29, 0.717) is 0 Å². The van der Waals surface area contributed by atoms with Crippen LogP contribution in [0.3, 0.4) is 0 Å². The lowest BCUT2D eigenvalue weighted by molar-refractivity contribution is 0.127. The molecule has 0 aliphatic carbocycles. The maximum Gasteiger partial charge on any atom is 0.361 e. The Balaban J connectivity index is 3.69. The smallest absolute Gasteiger partial charge is 0.361 e. The Bertz CT molecular complexity index is 233. The molecule has 0 bridgehead atoms. The van der Waals surface area contributed by atoms with Crippen LogP contribution in [0.1, 0.15) is 78.6 Å². The molecule has 120 valence electrons. The second kappa shape index (κ2) is 12.6. The Labute approximate surface area is 128 Å². The van der Waals surface area contributed by atoms with Crippen LogP contribution in [0.2, 0.25) is 6.55 Å². The summed E-state index contributed by atoms with van der Waals surface area (Å²) in [4.78, 5) is 0. The van der Waals surface area contributed by atoms with Crippen molar-refractivity contribution in [2.75, 3.05) is 6.61 Å². The predicted molar refractivity (Wildman–Crippen MR) is 91.2 cm³/mol. The fourth-order valence-corrected chi connectivity index (χ4v) is 4.09. The maximum atomic E-state index is 6.09. The normalized spacial score (nSPS) is 15.8. The Morgan fingerprint density at radius 3 is 2.15 bits per heavy atom. The zero-order valence-corrected chi connectivity index (χ0v) is 15.2. The summed E-state index contributed by atoms with van der Waals surface area (Å²) in [6, 6.07) is 0. The third kappa shape index (κ3) is 10.6. The van der Waals surface area contributed by atoms with Crippen LogP contribution in [0.5, 0.6) is 0 Å². The SMILES string of the molecule is C=C[Si](C)(OCCCCCCCCC)OC(C)CCC. The van der Waals surface area contributed by atoms with Gasteiger partial charge in [0.2, 0.25) is 0 Å². The highest BCUT2D eigenvalue weighted by Crippen LogP contribution is 2.15. The van der Waals surface area contributed by atoms with Gasteiger partial charge in [-0.05, 0) is 32.0 Å². The van der Waals surface area contributed by atoms with Crippen LogP contribution in [0.4, 0.5) is 0 Å². The zero-order valence-electron chi connectivity index (χ0n) is 14.2. The third-order valence-corrected chi connectivity index (χ3v) is 6.03. The summed E-state index contributed by atoms with van der Waals surface area (Å²) in [5.74, 6) is 0. The molecule has 2 atom stereocenters. The maximum absolute atomic E-state index is 6.09. The number of hydrogen-bond donors (Lipinski definition) is 0. The van der Waals surface area contributed by atoms with E-state index in [1.165, 1.54) is 38.5 Å². The summed E-state index contributed by atoms with van der Waals surface area (Å²) < 4.78 is 12.1. The molecule has 0 saturated carbocycles. The van der Waals surface area contributed by atoms with Gasteiger partial charge in [0.1, 0.15) is 0 Å². The molecule has 0 radical (unpaired) electrons. The van der Waals surface area contributed by atoms with Gasteiger partial charge in [-0.15, -0.1) is 6.58 Å². The Hall–Kier alpha value is -0.123. The first-order chi connectivity index (χ1) is 9.58. The van der Waals surface area contributed by atoms with Crippen LogP contribution in [0, 0.1) is 0 Å². The first-order valence-corrected chi connectivity index (χ1v) is 10.9. The molecule has 0 aliphatic heterocycles. The fraction of sp³-hybridized carbons (Fsp3) is 0.882. The molecule has 0 rings (SSSR count). The van der Waals surface area contributed by atoms with Crippen molar-refractivity contribution >= 4 is 8.56 Å². The number of rotatable bonds is 14. The molecule has 0 spiro atoms. The largest absolute Gasteiger partial charge is 0.391 e. The number of hydrogen-bond acceptors (Lipinski definition) is 2. The molecule has 0 fully saturated rings. The van der Waals surface area contributed by atoms with Gasteiger partial charge < -0.3 is 8.85 Å². The van der Waals surface area contributed by atoms with E-state index in [9.17, 15) is 0 Å². The molecule has 2 nitrogen and oxygen atoms in total. The van der Waals surface area contributed by atoms with Gasteiger partial charge in [-0.25, -0.2) is 0 Å². The van der Waals surface area contributed by atoms with Crippen molar-refractivity contribution in [3.05, 3.63) is 12.3 Å². The van der Waals surface area contributed by atoms with E-state index in [1.54, 1.807) is 0 Å². The quantitative estimate of drug-likeness (QED) is 0.300. The minimum atomic E-state index is -2.14. The van der Waals surface area contributed by atoms with E-state index in [4.69, 9.17) is 8.85 Å². The lowest BCUT2D eigenvalue weighted by Gasteiger charge is -2.27. The van der Waals surface area contributed by atoms with Crippen LogP contribution < -0.4 is 0 Å². The van der Waals surface area contributed by atoms with E-state index < -0.39 is 8.56 Å². The van der Waals surface area contributed by atoms with Gasteiger partial charge >= 0.3 is 8.56 Å². The van der Waals surface area contributed by atoms with Gasteiger partial charge in [-0.2, -0.15) is 0 Å². The molecule has 0 aromatic rings. The van der Waals surface area contributed by atoms with Gasteiger partial charge in [0.25, 0.3) is 0 Å². The summed E-state index contributed by atoms with van der Waals surface area (Å²) in [6.45, 7) is 13.4. The van der Waals surface area contributed by atoms with Gasteiger partial charge in [-0.1, -0.05) is 58.8 Å². The van der Waals surface area contributed by atoms with Gasteiger partial charge in [-0.3, -0.25) is 0 Å². The molecule has 2 unspecified atom stereocenters. The standard InChI is InChI=1S/C17H36O2Si/c1-6-9-10-11-12-13-14-16-18-20(5,8-3)19-17(4)15-7-2/h8,17H,3,6-7,9-16H2,1-2,4-5H3. The summed E-state index contributed by atoms with van der Waals surface area (Å²) in [5.41, 5.74) is 1.92. The van der Waals surface area contributed by atoms with E-state index in [0.717, 1.165) is 25.9 Å². The van der Waals surface area contributed by atoms with Crippen molar-refractivity contribution in [2.24, 2.45) is 0 Å². The van der Waals surface area contributed by atoms with Crippen LogP contribution in [-0.2, 0) is 8.85 Å². The zero-order chi connectivity index (χ0) is 15.3. The highest BCUT2D eigenvalue weighted by molar-refractivity contribution is 6.71. The first kappa shape index (κ1) is 19.9. The lowest BCUT2D eigenvalue weighted by atomic mass is 10.1. The lowest BCUT2D eigenvalue weighted by Crippen LogP contribution is -2.40. The molecule has 0 saturated heterocycles. The van der Waals surface area contributed by atoms with Crippen LogP contribution in [0.15, 0.2) is 12.3 Å². The molecule has 0 N–H and O–H groups in total. The Kier molecular flexibility index (Phi) is 12.5. The van der Waals surface area contributed by atoms with Gasteiger partial charge in [0.05, 0.1) is 0 Å². The molecule has 0 heterocycles. The van der Waals surface area contributed by atoms with Crippen molar-refractivity contribution in [1.82, 2.24) is 0 Å². The molecule has 20 heavy (non-hydrogen) atoms. The van der Waals surface area contributed by atoms with Crippen LogP contribution in [-0.4, -0.2) is 21.3 Å². The summed E-state index contributed by atoms with van der Waals surface area (Å²) in [6.07, 6.45) is 11.7. The molecule has 3 heteroatoms. The molecule has 0 amide bonds. The highest BCUT2D eigenvalue weighted by atomic mass is 28.4. The van der Waals surface area contributed by atoms with Crippen LogP contribution >= 0.6 is 0 Å². The average molecular weight is 301 g/mol. The second-order valence-corrected chi connectivity index (χ2v) is 8.87. The minimum absolute atomic E-state index is 0.281. The topological polar surface area (TPSA) is 18.5 Å². The van der Waals surface area contributed by atoms with Gasteiger partial charge in [0, 0.05) is 12.7 Å². The monoisotopic (exact) mass is 300 g/mol. The minimum Gasteiger partial charge on any atom is -0.391 e. The molecular formula is C17H36O2Si. The summed E-state index contributed by atoms with van der Waals surface area (Å²) in [7, 11) is -2.14. The predicted octanol–water partition coefficient (Wildman–Crippen LogP) is 5.76. The molecule has 0 aromatic carbocycles. The molecule has 0 aromatic heterocycles. The summed E-state index contributed by atoms with van der Waals surface area (Å²) >= 11 is 0. The van der Waals surface area contributed by atoms with Crippen molar-refractivity contribution in [2.45, 2.75) is 91.2 Å². The first-order valence-electron chi connectivity index (χ1n) is 8.53. The molecule has 0 aliphatic rings. The second-order valence-electron chi connectivity index (χ2n) is 5.91. The molecular weight excluding hydrogens is 264 g/mol. The fourth-order valence-electron chi connectivity index (χ4n) is 2.34. The van der Waals surface area contributed by atoms with Crippen molar-refractivity contribution in [3.63, 3.8) is 0 Å². The van der Waals surface area contributed by atoms with Crippen molar-refractivity contribution in [1.29, 1.82) is 0 Å². The average Bonchev–Trinajstić information content (AvgIpc) is 2.42. The third-order valence-electron chi connectivity index (χ3n) is 3.64. The Morgan fingerprint density at radius 1 is 1.00 bits per heavy atom. The van der Waals surface area contributed by atoms with E-state index in [2.05, 4.69) is 33.9 Å². The van der Waals surface area contributed by atoms with E-state index in [-0.39, 0.29) is 6.10 Å². The Morgan fingerprint density at radius 2 is 1.60 bits per heavy atom. The van der Waals surface area contributed by atoms with Gasteiger partial charge in [0.15, 0.2) is 0 Å². The summed E-state index contributed by atoms with van der Waals surface area (Å²) in [5, 5.41) is 0. The highest BCUT2D eigenvalue weighted by Gasteiger charge is 2.29. The van der Waals surface area contributed by atoms with E-state index in [1.807, 2.05) is 5.70 Å². The van der Waals surface area contributed by atoms with Crippen molar-refractivity contribution < 1.29 is 8.85 Å². The van der Waals surface area contributed by atoms with Crippen molar-refractivity contribution in [3.8, 4) is 0 Å². The van der Waals surface area contributed by atoms with E-state index >= 15 is 0 Å². The number of unbranched alkanes of at least 4 members (excludes halogenated alkanes) is 6.